The van der Waals surface area contributed by atoms with Crippen LogP contribution in [0.5, 0.6) is 0 Å². The summed E-state index contributed by atoms with van der Waals surface area (Å²) in [5, 5.41) is 4.91. The van der Waals surface area contributed by atoms with Crippen molar-refractivity contribution in [1.29, 1.82) is 0 Å². The number of ether oxygens (including phenoxy) is 2. The van der Waals surface area contributed by atoms with Crippen LogP contribution in [0.1, 0.15) is 45.0 Å². The molecular formula is C32H39IN4O5. The average Bonchev–Trinajstić information content (AvgIpc) is 2.96. The highest BCUT2D eigenvalue weighted by molar-refractivity contribution is 6.12. The standard InChI is InChI=1S/C32H38N4O5.HI/c1-7-35(8-2)21-11-13-23-27(17-21)41-28-18-22(36(9-3)10-4)12-14-24(28)29(23)25-15-16-26(34-6)31(33)30(25)32(38)40-19-39-20(5)37;/h11-18H,7-10,19H2,1-6H3,(H2,33,38);1H. The first-order chi connectivity index (χ1) is 19.8. The van der Waals surface area contributed by atoms with E-state index in [0.29, 0.717) is 22.6 Å². The predicted molar refractivity (Wildman–Crippen MR) is 164 cm³/mol. The molecule has 42 heavy (non-hydrogen) atoms. The van der Waals surface area contributed by atoms with E-state index in [-0.39, 0.29) is 35.2 Å². The molecular weight excluding hydrogens is 647 g/mol. The van der Waals surface area contributed by atoms with Gasteiger partial charge >= 0.3 is 11.9 Å². The van der Waals surface area contributed by atoms with Gasteiger partial charge in [-0.2, -0.15) is 0 Å². The van der Waals surface area contributed by atoms with Crippen LogP contribution in [0.4, 0.5) is 17.1 Å². The first-order valence-electron chi connectivity index (χ1n) is 14.0. The Hall–Kier alpha value is -3.80. The minimum Gasteiger partial charge on any atom is -1.00 e. The maximum atomic E-state index is 13.5. The van der Waals surface area contributed by atoms with Crippen molar-refractivity contribution in [2.75, 3.05) is 56.0 Å². The molecule has 0 bridgehead atoms. The number of hydrogen-bond acceptors (Lipinski definition) is 8. The number of carbonyl (C=O) groups is 2. The van der Waals surface area contributed by atoms with E-state index in [1.54, 1.807) is 7.05 Å². The third-order valence-electron chi connectivity index (χ3n) is 7.39. The lowest BCUT2D eigenvalue weighted by molar-refractivity contribution is -0.149. The predicted octanol–water partition coefficient (Wildman–Crippen LogP) is 2.17. The first-order valence-corrected chi connectivity index (χ1v) is 14.0. The molecule has 1 aliphatic carbocycles. The zero-order chi connectivity index (χ0) is 29.7. The minimum atomic E-state index is -0.697. The summed E-state index contributed by atoms with van der Waals surface area (Å²) < 4.78 is 19.0. The Morgan fingerprint density at radius 2 is 1.64 bits per heavy atom. The molecule has 2 aromatic rings. The average molecular weight is 687 g/mol. The van der Waals surface area contributed by atoms with Crippen molar-refractivity contribution in [3.8, 4) is 22.5 Å². The molecule has 0 atom stereocenters. The Morgan fingerprint density at radius 3 is 2.26 bits per heavy atom. The second-order valence-corrected chi connectivity index (χ2v) is 9.57. The van der Waals surface area contributed by atoms with Gasteiger partial charge < -0.3 is 53.8 Å². The maximum Gasteiger partial charge on any atom is 0.343 e. The van der Waals surface area contributed by atoms with Crippen LogP contribution >= 0.6 is 0 Å². The number of fused-ring (bicyclic) bond motifs is 2. The van der Waals surface area contributed by atoms with Crippen LogP contribution < -0.4 is 49.9 Å². The fourth-order valence-corrected chi connectivity index (χ4v) is 5.23. The van der Waals surface area contributed by atoms with Crippen molar-refractivity contribution in [3.63, 3.8) is 0 Å². The minimum absolute atomic E-state index is 0. The summed E-state index contributed by atoms with van der Waals surface area (Å²) in [5.74, 6) is -0.564. The molecule has 1 heterocycles. The van der Waals surface area contributed by atoms with Crippen LogP contribution in [0.15, 0.2) is 52.9 Å². The van der Waals surface area contributed by atoms with Crippen molar-refractivity contribution in [1.82, 2.24) is 4.58 Å². The van der Waals surface area contributed by atoms with Crippen LogP contribution in [-0.2, 0) is 14.3 Å². The Balaban J connectivity index is 0.00000484. The van der Waals surface area contributed by atoms with Crippen molar-refractivity contribution >= 4 is 40.0 Å². The van der Waals surface area contributed by atoms with Crippen molar-refractivity contribution in [3.05, 3.63) is 59.5 Å². The van der Waals surface area contributed by atoms with Crippen molar-refractivity contribution < 1.29 is 47.5 Å². The quantitative estimate of drug-likeness (QED) is 0.0653. The third-order valence-corrected chi connectivity index (χ3v) is 7.39. The molecule has 10 heteroatoms. The van der Waals surface area contributed by atoms with Gasteiger partial charge in [-0.05, 0) is 57.5 Å². The molecule has 4 rings (SSSR count). The van der Waals surface area contributed by atoms with E-state index in [0.717, 1.165) is 53.7 Å². The fourth-order valence-electron chi connectivity index (χ4n) is 5.23. The molecule has 0 radical (unpaired) electrons. The van der Waals surface area contributed by atoms with Crippen molar-refractivity contribution in [2.45, 2.75) is 34.6 Å². The first kappa shape index (κ1) is 32.7. The molecule has 2 aromatic carbocycles. The van der Waals surface area contributed by atoms with Gasteiger partial charge in [0.1, 0.15) is 24.4 Å². The van der Waals surface area contributed by atoms with E-state index >= 15 is 0 Å². The molecule has 2 aliphatic rings. The van der Waals surface area contributed by atoms with E-state index in [1.807, 2.05) is 36.4 Å². The number of benzene rings is 3. The largest absolute Gasteiger partial charge is 1.00 e. The molecule has 0 aromatic heterocycles. The second-order valence-electron chi connectivity index (χ2n) is 9.57. The van der Waals surface area contributed by atoms with Gasteiger partial charge in [0.25, 0.3) is 0 Å². The van der Waals surface area contributed by atoms with Crippen LogP contribution in [-0.4, -0.2) is 52.0 Å². The zero-order valence-electron chi connectivity index (χ0n) is 25.0. The molecule has 0 spiro atoms. The van der Waals surface area contributed by atoms with Gasteiger partial charge in [-0.15, -0.1) is 0 Å². The van der Waals surface area contributed by atoms with Crippen molar-refractivity contribution in [2.24, 2.45) is 0 Å². The summed E-state index contributed by atoms with van der Waals surface area (Å²) in [7, 11) is 1.73. The smallest absolute Gasteiger partial charge is 0.343 e. The molecule has 0 amide bonds. The lowest BCUT2D eigenvalue weighted by atomic mass is 9.89. The monoisotopic (exact) mass is 686 g/mol. The van der Waals surface area contributed by atoms with E-state index < -0.39 is 18.7 Å². The topological polar surface area (TPSA) is 110 Å². The zero-order valence-corrected chi connectivity index (χ0v) is 27.2. The number of esters is 2. The molecule has 9 nitrogen and oxygen atoms in total. The molecule has 0 saturated heterocycles. The van der Waals surface area contributed by atoms with Crippen LogP contribution in [0.25, 0.3) is 33.4 Å². The fraction of sp³-hybridized carbons (Fsp3) is 0.344. The molecule has 0 unspecified atom stereocenters. The number of anilines is 3. The normalized spacial score (nSPS) is 10.7. The number of carbonyl (C=O) groups excluding carboxylic acids is 2. The lowest BCUT2D eigenvalue weighted by Gasteiger charge is -2.23. The van der Waals surface area contributed by atoms with Gasteiger partial charge in [0, 0.05) is 61.4 Å². The number of nitrogens with two attached hydrogens (primary N) is 1. The Morgan fingerprint density at radius 1 is 0.952 bits per heavy atom. The summed E-state index contributed by atoms with van der Waals surface area (Å²) in [6.07, 6.45) is 0. The van der Waals surface area contributed by atoms with Crippen LogP contribution in [0.3, 0.4) is 0 Å². The second kappa shape index (κ2) is 14.4. The number of nitrogens with one attached hydrogen (secondary N) is 1. The highest BCUT2D eigenvalue weighted by Crippen LogP contribution is 2.44. The van der Waals surface area contributed by atoms with Gasteiger partial charge in [-0.1, -0.05) is 6.07 Å². The lowest BCUT2D eigenvalue weighted by Crippen LogP contribution is -3.00. The summed E-state index contributed by atoms with van der Waals surface area (Å²) in [6, 6.07) is 16.0. The molecule has 1 aliphatic heterocycles. The van der Waals surface area contributed by atoms with E-state index in [9.17, 15) is 9.59 Å². The summed E-state index contributed by atoms with van der Waals surface area (Å²) in [6.45, 7) is 12.6. The van der Waals surface area contributed by atoms with E-state index in [1.165, 1.54) is 6.92 Å². The summed E-state index contributed by atoms with van der Waals surface area (Å²) >= 11 is 0. The van der Waals surface area contributed by atoms with Gasteiger partial charge in [0.15, 0.2) is 0 Å². The maximum absolute atomic E-state index is 13.5. The number of halogens is 1. The Bertz CT molecular complexity index is 1620. The van der Waals surface area contributed by atoms with Gasteiger partial charge in [0.2, 0.25) is 12.2 Å². The SMILES string of the molecule is CCN(CC)c1ccc2c(-c3ccc(NC)c(N)c3C(=O)OCOC(C)=O)c3ccc(=[N+](CC)CC)cc-3oc2c1.[I-]. The number of nitrogens with zero attached hydrogens (tertiary/aromatic N) is 2. The Kier molecular flexibility index (Phi) is 11.2. The molecule has 224 valence electrons. The number of hydrogen-bond donors (Lipinski definition) is 2. The Labute approximate surface area is 263 Å². The molecule has 0 saturated carbocycles. The van der Waals surface area contributed by atoms with E-state index in [2.05, 4.69) is 54.6 Å². The van der Waals surface area contributed by atoms with Gasteiger partial charge in [-0.25, -0.2) is 9.37 Å². The number of nitrogen functional groups attached to an aromatic ring is 1. The summed E-state index contributed by atoms with van der Waals surface area (Å²) in [4.78, 5) is 27.0. The van der Waals surface area contributed by atoms with Gasteiger partial charge in [0.05, 0.1) is 23.0 Å². The highest BCUT2D eigenvalue weighted by Gasteiger charge is 2.26. The van der Waals surface area contributed by atoms with Crippen LogP contribution in [0.2, 0.25) is 0 Å². The van der Waals surface area contributed by atoms with E-state index in [4.69, 9.17) is 19.6 Å². The number of rotatable bonds is 10. The highest BCUT2D eigenvalue weighted by atomic mass is 127. The summed E-state index contributed by atoms with van der Waals surface area (Å²) in [5.41, 5.74) is 11.5. The molecule has 3 N–H and O–H groups in total. The van der Waals surface area contributed by atoms with Gasteiger partial charge in [-0.3, -0.25) is 4.79 Å². The van der Waals surface area contributed by atoms with Crippen LogP contribution in [0, 0.1) is 0 Å². The molecule has 0 fully saturated rings. The third kappa shape index (κ3) is 6.48.